The van der Waals surface area contributed by atoms with E-state index in [2.05, 4.69) is 43.9 Å². The third-order valence-corrected chi connectivity index (χ3v) is 5.36. The van der Waals surface area contributed by atoms with Gasteiger partial charge < -0.3 is 4.90 Å². The highest BCUT2D eigenvalue weighted by atomic mass is 35.9. The number of aryl methyl sites for hydroxylation is 1. The maximum Gasteiger partial charge on any atom is 0.119 e. The highest BCUT2D eigenvalue weighted by Crippen LogP contribution is 2.49. The predicted octanol–water partition coefficient (Wildman–Crippen LogP) is 4.79. The van der Waals surface area contributed by atoms with Crippen molar-refractivity contribution in [1.29, 1.82) is 0 Å². The van der Waals surface area contributed by atoms with E-state index in [1.165, 1.54) is 24.1 Å². The van der Waals surface area contributed by atoms with Crippen LogP contribution in [0.15, 0.2) is 18.2 Å². The lowest BCUT2D eigenvalue weighted by Crippen LogP contribution is -2.35. The van der Waals surface area contributed by atoms with Crippen LogP contribution in [0.2, 0.25) is 0 Å². The molecular formula is C13H18Cl2NP. The number of hydrogen-bond donors (Lipinski definition) is 0. The van der Waals surface area contributed by atoms with E-state index in [1.807, 2.05) is 0 Å². The molecule has 1 aromatic carbocycles. The topological polar surface area (TPSA) is 3.24 Å². The number of halogens is 2. The van der Waals surface area contributed by atoms with Crippen molar-refractivity contribution in [3.63, 3.8) is 0 Å². The largest absolute Gasteiger partial charge is 0.366 e. The molecule has 1 heterocycles. The summed E-state index contributed by atoms with van der Waals surface area (Å²) in [4.78, 5) is 2.47. The predicted molar refractivity (Wildman–Crippen MR) is 80.1 cm³/mol. The van der Waals surface area contributed by atoms with Crippen molar-refractivity contribution in [1.82, 2.24) is 0 Å². The van der Waals surface area contributed by atoms with Gasteiger partial charge in [0.2, 0.25) is 0 Å². The summed E-state index contributed by atoms with van der Waals surface area (Å²) in [6.45, 7) is 5.55. The van der Waals surface area contributed by atoms with E-state index >= 15 is 0 Å². The monoisotopic (exact) mass is 289 g/mol. The molecule has 1 aliphatic rings. The highest BCUT2D eigenvalue weighted by molar-refractivity contribution is 8.09. The van der Waals surface area contributed by atoms with Gasteiger partial charge in [0.05, 0.1) is 0 Å². The van der Waals surface area contributed by atoms with Crippen LogP contribution in [0.25, 0.3) is 0 Å². The Morgan fingerprint density at radius 2 is 1.76 bits per heavy atom. The average molecular weight is 290 g/mol. The molecule has 2 atom stereocenters. The van der Waals surface area contributed by atoms with E-state index in [4.69, 9.17) is 22.5 Å². The molecule has 0 bridgehead atoms. The molecule has 1 aliphatic heterocycles. The van der Waals surface area contributed by atoms with Crippen LogP contribution in [-0.4, -0.2) is 12.1 Å². The molecule has 1 aromatic rings. The fourth-order valence-electron chi connectivity index (χ4n) is 2.66. The Balaban J connectivity index is 2.43. The smallest absolute Gasteiger partial charge is 0.119 e. The summed E-state index contributed by atoms with van der Waals surface area (Å²) in [6, 6.07) is 7.59. The summed E-state index contributed by atoms with van der Waals surface area (Å²) in [7, 11) is 0. The van der Waals surface area contributed by atoms with E-state index < -0.39 is 6.63 Å². The molecule has 4 heteroatoms. The molecular weight excluding hydrogens is 272 g/mol. The first-order valence-corrected chi connectivity index (χ1v) is 9.16. The summed E-state index contributed by atoms with van der Waals surface area (Å²) < 4.78 is 0. The first kappa shape index (κ1) is 13.5. The van der Waals surface area contributed by atoms with Gasteiger partial charge in [-0.05, 0) is 45.7 Å². The second-order valence-electron chi connectivity index (χ2n) is 4.91. The molecule has 17 heavy (non-hydrogen) atoms. The SMILES string of the molecule is Cc1ccc(N2[C@H](C)CC[C@@H]2C)c(P(Cl)Cl)c1. The van der Waals surface area contributed by atoms with Gasteiger partial charge in [0.1, 0.15) is 6.63 Å². The molecule has 0 saturated carbocycles. The van der Waals surface area contributed by atoms with E-state index in [-0.39, 0.29) is 0 Å². The van der Waals surface area contributed by atoms with Crippen LogP contribution in [0.4, 0.5) is 5.69 Å². The van der Waals surface area contributed by atoms with Crippen LogP contribution in [0.1, 0.15) is 32.3 Å². The van der Waals surface area contributed by atoms with Crippen LogP contribution in [-0.2, 0) is 0 Å². The zero-order chi connectivity index (χ0) is 12.6. The van der Waals surface area contributed by atoms with E-state index in [1.54, 1.807) is 0 Å². The lowest BCUT2D eigenvalue weighted by atomic mass is 10.2. The average Bonchev–Trinajstić information content (AvgIpc) is 2.59. The van der Waals surface area contributed by atoms with Gasteiger partial charge in [0.15, 0.2) is 0 Å². The van der Waals surface area contributed by atoms with Crippen molar-refractivity contribution in [3.8, 4) is 0 Å². The van der Waals surface area contributed by atoms with Crippen LogP contribution in [0, 0.1) is 6.92 Å². The normalized spacial score (nSPS) is 24.7. The highest BCUT2D eigenvalue weighted by Gasteiger charge is 2.29. The summed E-state index contributed by atoms with van der Waals surface area (Å²) in [5.41, 5.74) is 2.45. The molecule has 0 unspecified atom stereocenters. The minimum atomic E-state index is -1.08. The van der Waals surface area contributed by atoms with Gasteiger partial charge in [-0.2, -0.15) is 0 Å². The Bertz CT molecular complexity index is 398. The Labute approximate surface area is 114 Å². The van der Waals surface area contributed by atoms with Gasteiger partial charge in [-0.1, -0.05) is 34.1 Å². The van der Waals surface area contributed by atoms with Gasteiger partial charge in [0.25, 0.3) is 0 Å². The maximum atomic E-state index is 6.16. The van der Waals surface area contributed by atoms with Crippen LogP contribution >= 0.6 is 29.1 Å². The lowest BCUT2D eigenvalue weighted by molar-refractivity contribution is 0.696. The second-order valence-corrected chi connectivity index (χ2v) is 8.40. The second kappa shape index (κ2) is 5.34. The molecule has 0 N–H and O–H groups in total. The van der Waals surface area contributed by atoms with Crippen molar-refractivity contribution in [2.24, 2.45) is 0 Å². The van der Waals surface area contributed by atoms with Gasteiger partial charge in [-0.3, -0.25) is 0 Å². The molecule has 1 fully saturated rings. The fourth-order valence-corrected chi connectivity index (χ4v) is 4.13. The lowest BCUT2D eigenvalue weighted by Gasteiger charge is -2.31. The van der Waals surface area contributed by atoms with E-state index in [0.717, 1.165) is 5.30 Å². The third kappa shape index (κ3) is 2.72. The maximum absolute atomic E-state index is 6.16. The first-order valence-electron chi connectivity index (χ1n) is 6.01. The Morgan fingerprint density at radius 3 is 2.29 bits per heavy atom. The minimum Gasteiger partial charge on any atom is -0.366 e. The van der Waals surface area contributed by atoms with Crippen LogP contribution < -0.4 is 10.2 Å². The fraction of sp³-hybridized carbons (Fsp3) is 0.538. The molecule has 0 aromatic heterocycles. The Kier molecular flexibility index (Phi) is 4.23. The standard InChI is InChI=1S/C13H18Cl2NP/c1-9-4-7-12(13(8-9)17(14)15)16-10(2)5-6-11(16)3/h4,7-8,10-11H,5-6H2,1-3H3/t10-,11+. The number of rotatable bonds is 2. The van der Waals surface area contributed by atoms with Crippen molar-refractivity contribution in [2.45, 2.75) is 45.7 Å². The molecule has 0 aliphatic carbocycles. The number of anilines is 1. The van der Waals surface area contributed by atoms with E-state index in [0.29, 0.717) is 12.1 Å². The zero-order valence-electron chi connectivity index (χ0n) is 10.5. The van der Waals surface area contributed by atoms with Gasteiger partial charge in [0, 0.05) is 23.1 Å². The van der Waals surface area contributed by atoms with Crippen molar-refractivity contribution in [2.75, 3.05) is 4.90 Å². The molecule has 2 rings (SSSR count). The molecule has 1 saturated heterocycles. The molecule has 94 valence electrons. The Hall–Kier alpha value is 0.0300. The van der Waals surface area contributed by atoms with Crippen LogP contribution in [0.5, 0.6) is 0 Å². The first-order chi connectivity index (χ1) is 8.00. The van der Waals surface area contributed by atoms with Crippen molar-refractivity contribution >= 4 is 40.1 Å². The minimum absolute atomic E-state index is 0.578. The molecule has 1 nitrogen and oxygen atoms in total. The van der Waals surface area contributed by atoms with E-state index in [9.17, 15) is 0 Å². The third-order valence-electron chi connectivity index (χ3n) is 3.54. The summed E-state index contributed by atoms with van der Waals surface area (Å²) in [6.07, 6.45) is 2.49. The number of hydrogen-bond acceptors (Lipinski definition) is 1. The molecule has 0 amide bonds. The number of benzene rings is 1. The molecule has 0 spiro atoms. The quantitative estimate of drug-likeness (QED) is 0.708. The van der Waals surface area contributed by atoms with Crippen LogP contribution in [0.3, 0.4) is 0 Å². The van der Waals surface area contributed by atoms with Crippen molar-refractivity contribution < 1.29 is 0 Å². The summed E-state index contributed by atoms with van der Waals surface area (Å²) >= 11 is 12.3. The Morgan fingerprint density at radius 1 is 1.18 bits per heavy atom. The summed E-state index contributed by atoms with van der Waals surface area (Å²) in [5.74, 6) is 0. The molecule has 0 radical (unpaired) electrons. The van der Waals surface area contributed by atoms with Gasteiger partial charge in [-0.25, -0.2) is 0 Å². The summed E-state index contributed by atoms with van der Waals surface area (Å²) in [5, 5.41) is 1.10. The van der Waals surface area contributed by atoms with Gasteiger partial charge >= 0.3 is 0 Å². The van der Waals surface area contributed by atoms with Crippen molar-refractivity contribution in [3.05, 3.63) is 23.8 Å². The number of nitrogens with zero attached hydrogens (tertiary/aromatic N) is 1. The van der Waals surface area contributed by atoms with Gasteiger partial charge in [-0.15, -0.1) is 0 Å². The zero-order valence-corrected chi connectivity index (χ0v) is 12.9.